The van der Waals surface area contributed by atoms with E-state index in [1.54, 1.807) is 24.7 Å². The molecule has 1 aliphatic carbocycles. The summed E-state index contributed by atoms with van der Waals surface area (Å²) >= 11 is 0. The second-order valence-corrected chi connectivity index (χ2v) is 5.57. The number of carbonyl (C=O) groups excluding carboxylic acids is 1. The molecule has 0 bridgehead atoms. The lowest BCUT2D eigenvalue weighted by molar-refractivity contribution is 0.0942. The maximum Gasteiger partial charge on any atom is 0.269 e. The summed E-state index contributed by atoms with van der Waals surface area (Å²) < 4.78 is 0. The second kappa shape index (κ2) is 6.05. The van der Waals surface area contributed by atoms with Crippen molar-refractivity contribution in [2.75, 3.05) is 6.54 Å². The summed E-state index contributed by atoms with van der Waals surface area (Å²) in [6.07, 6.45) is 8.34. The third kappa shape index (κ3) is 3.28. The van der Waals surface area contributed by atoms with Gasteiger partial charge in [0.1, 0.15) is 5.69 Å². The van der Waals surface area contributed by atoms with Gasteiger partial charge in [-0.15, -0.1) is 0 Å². The van der Waals surface area contributed by atoms with Crippen LogP contribution in [-0.4, -0.2) is 33.7 Å². The number of hydrogen-bond acceptors (Lipinski definition) is 4. The lowest BCUT2D eigenvalue weighted by Crippen LogP contribution is -2.29. The smallest absolute Gasteiger partial charge is 0.269 e. The normalized spacial score (nSPS) is 21.4. The van der Waals surface area contributed by atoms with Crippen molar-refractivity contribution in [3.05, 3.63) is 36.4 Å². The summed E-state index contributed by atoms with van der Waals surface area (Å²) in [5, 5.41) is 9.59. The molecule has 0 aliphatic heterocycles. The van der Waals surface area contributed by atoms with E-state index in [-0.39, 0.29) is 5.91 Å². The molecule has 1 amide bonds. The van der Waals surface area contributed by atoms with Crippen LogP contribution in [0.2, 0.25) is 0 Å². The highest BCUT2D eigenvalue weighted by Crippen LogP contribution is 2.23. The number of pyridine rings is 1. The van der Waals surface area contributed by atoms with Crippen molar-refractivity contribution in [3.63, 3.8) is 0 Å². The van der Waals surface area contributed by atoms with E-state index in [0.717, 1.165) is 30.4 Å². The first-order valence-corrected chi connectivity index (χ1v) is 7.21. The third-order valence-corrected chi connectivity index (χ3v) is 3.96. The van der Waals surface area contributed by atoms with Gasteiger partial charge in [0.05, 0.1) is 6.20 Å². The van der Waals surface area contributed by atoms with E-state index < -0.39 is 0 Å². The van der Waals surface area contributed by atoms with Gasteiger partial charge in [0.15, 0.2) is 0 Å². The largest absolute Gasteiger partial charge is 0.350 e. The Balaban J connectivity index is 1.57. The molecule has 110 valence electrons. The molecule has 6 heteroatoms. The quantitative estimate of drug-likeness (QED) is 0.789. The number of amides is 1. The van der Waals surface area contributed by atoms with Crippen molar-refractivity contribution in [3.8, 4) is 11.1 Å². The molecule has 21 heavy (non-hydrogen) atoms. The molecular weight excluding hydrogens is 266 g/mol. The van der Waals surface area contributed by atoms with Crippen molar-refractivity contribution < 1.29 is 4.79 Å². The van der Waals surface area contributed by atoms with Crippen LogP contribution in [0.5, 0.6) is 0 Å². The Kier molecular flexibility index (Phi) is 3.96. The van der Waals surface area contributed by atoms with Crippen LogP contribution in [0.1, 0.15) is 29.8 Å². The number of nitrogens with zero attached hydrogens (tertiary/aromatic N) is 2. The van der Waals surface area contributed by atoms with Crippen molar-refractivity contribution in [2.24, 2.45) is 11.7 Å². The van der Waals surface area contributed by atoms with Crippen LogP contribution in [0.25, 0.3) is 11.1 Å². The van der Waals surface area contributed by atoms with Crippen molar-refractivity contribution in [1.82, 2.24) is 20.5 Å². The lowest BCUT2D eigenvalue weighted by atomic mass is 10.1. The molecule has 0 aromatic carbocycles. The molecule has 2 heterocycles. The monoisotopic (exact) mass is 285 g/mol. The molecule has 0 unspecified atom stereocenters. The number of rotatable bonds is 4. The van der Waals surface area contributed by atoms with Crippen LogP contribution in [0.3, 0.4) is 0 Å². The first kappa shape index (κ1) is 13.8. The Morgan fingerprint density at radius 3 is 2.86 bits per heavy atom. The van der Waals surface area contributed by atoms with E-state index in [2.05, 4.69) is 20.5 Å². The number of aromatic amines is 1. The average Bonchev–Trinajstić information content (AvgIpc) is 3.16. The van der Waals surface area contributed by atoms with Crippen LogP contribution >= 0.6 is 0 Å². The zero-order chi connectivity index (χ0) is 14.7. The standard InChI is InChI=1S/C15H19N5O/c16-13-3-1-10(5-13)6-18-15(21)14-4-2-11(7-17-14)12-8-19-20-9-12/h2,4,7-10,13H,1,3,5-6,16H2,(H,18,21)(H,19,20)/t10-,13+/m0/s1. The summed E-state index contributed by atoms with van der Waals surface area (Å²) in [6.45, 7) is 0.678. The fourth-order valence-corrected chi connectivity index (χ4v) is 2.73. The van der Waals surface area contributed by atoms with Crippen LogP contribution < -0.4 is 11.1 Å². The SMILES string of the molecule is N[C@@H]1CC[C@H](CNC(=O)c2ccc(-c3cn[nH]c3)cn2)C1. The predicted molar refractivity (Wildman–Crippen MR) is 79.5 cm³/mol. The molecule has 2 aromatic rings. The van der Waals surface area contributed by atoms with Crippen LogP contribution in [0, 0.1) is 5.92 Å². The molecule has 1 aliphatic rings. The molecule has 0 radical (unpaired) electrons. The van der Waals surface area contributed by atoms with E-state index in [0.29, 0.717) is 24.2 Å². The molecule has 2 aromatic heterocycles. The lowest BCUT2D eigenvalue weighted by Gasteiger charge is -2.10. The number of aromatic nitrogens is 3. The van der Waals surface area contributed by atoms with Gasteiger partial charge in [-0.05, 0) is 31.2 Å². The summed E-state index contributed by atoms with van der Waals surface area (Å²) in [4.78, 5) is 16.3. The van der Waals surface area contributed by atoms with Crippen LogP contribution in [0.4, 0.5) is 0 Å². The van der Waals surface area contributed by atoms with Gasteiger partial charge in [0.25, 0.3) is 5.91 Å². The molecule has 1 saturated carbocycles. The van der Waals surface area contributed by atoms with Gasteiger partial charge in [0, 0.05) is 36.1 Å². The summed E-state index contributed by atoms with van der Waals surface area (Å²) in [5.74, 6) is 0.364. The third-order valence-electron chi connectivity index (χ3n) is 3.96. The maximum absolute atomic E-state index is 12.1. The van der Waals surface area contributed by atoms with Crippen molar-refractivity contribution in [1.29, 1.82) is 0 Å². The minimum Gasteiger partial charge on any atom is -0.350 e. The minimum absolute atomic E-state index is 0.130. The number of carbonyl (C=O) groups is 1. The van der Waals surface area contributed by atoms with Crippen LogP contribution in [0.15, 0.2) is 30.7 Å². The molecule has 6 nitrogen and oxygen atoms in total. The van der Waals surface area contributed by atoms with Gasteiger partial charge in [0.2, 0.25) is 0 Å². The molecular formula is C15H19N5O. The highest BCUT2D eigenvalue weighted by molar-refractivity contribution is 5.92. The predicted octanol–water partition coefficient (Wildman–Crippen LogP) is 1.33. The Bertz CT molecular complexity index is 593. The Morgan fingerprint density at radius 1 is 1.33 bits per heavy atom. The fraction of sp³-hybridized carbons (Fsp3) is 0.400. The molecule has 2 atom stereocenters. The Morgan fingerprint density at radius 2 is 2.24 bits per heavy atom. The molecule has 3 rings (SSSR count). The van der Waals surface area contributed by atoms with E-state index in [1.807, 2.05) is 6.07 Å². The van der Waals surface area contributed by atoms with Gasteiger partial charge >= 0.3 is 0 Å². The van der Waals surface area contributed by atoms with Gasteiger partial charge in [-0.3, -0.25) is 14.9 Å². The van der Waals surface area contributed by atoms with Gasteiger partial charge in [-0.25, -0.2) is 0 Å². The topological polar surface area (TPSA) is 96.7 Å². The highest BCUT2D eigenvalue weighted by Gasteiger charge is 2.22. The van der Waals surface area contributed by atoms with Crippen molar-refractivity contribution in [2.45, 2.75) is 25.3 Å². The van der Waals surface area contributed by atoms with Gasteiger partial charge in [-0.2, -0.15) is 5.10 Å². The Hall–Kier alpha value is -2.21. The zero-order valence-electron chi connectivity index (χ0n) is 11.7. The number of hydrogen-bond donors (Lipinski definition) is 3. The van der Waals surface area contributed by atoms with E-state index in [1.165, 1.54) is 0 Å². The van der Waals surface area contributed by atoms with E-state index >= 15 is 0 Å². The minimum atomic E-state index is -0.130. The summed E-state index contributed by atoms with van der Waals surface area (Å²) in [5.41, 5.74) is 8.19. The molecule has 1 fully saturated rings. The number of nitrogens with two attached hydrogens (primary N) is 1. The van der Waals surface area contributed by atoms with E-state index in [4.69, 9.17) is 5.73 Å². The first-order valence-electron chi connectivity index (χ1n) is 7.21. The summed E-state index contributed by atoms with van der Waals surface area (Å²) in [7, 11) is 0. The Labute approximate surface area is 123 Å². The van der Waals surface area contributed by atoms with Crippen LogP contribution in [-0.2, 0) is 0 Å². The van der Waals surface area contributed by atoms with Gasteiger partial charge < -0.3 is 11.1 Å². The number of H-pyrrole nitrogens is 1. The number of nitrogens with one attached hydrogen (secondary N) is 2. The van der Waals surface area contributed by atoms with E-state index in [9.17, 15) is 4.79 Å². The maximum atomic E-state index is 12.1. The second-order valence-electron chi connectivity index (χ2n) is 5.57. The summed E-state index contributed by atoms with van der Waals surface area (Å²) in [6, 6.07) is 3.90. The first-order chi connectivity index (χ1) is 10.2. The zero-order valence-corrected chi connectivity index (χ0v) is 11.7. The van der Waals surface area contributed by atoms with Crippen molar-refractivity contribution >= 4 is 5.91 Å². The average molecular weight is 285 g/mol. The molecule has 0 spiro atoms. The molecule has 0 saturated heterocycles. The molecule has 4 N–H and O–H groups in total. The fourth-order valence-electron chi connectivity index (χ4n) is 2.73. The highest BCUT2D eigenvalue weighted by atomic mass is 16.1. The van der Waals surface area contributed by atoms with Gasteiger partial charge in [-0.1, -0.05) is 6.07 Å².